The number of benzene rings is 2. The average Bonchev–Trinajstić information content (AvgIpc) is 2.66. The molecular formula is C20H20FN3O3. The smallest absolute Gasteiger partial charge is 0.331 e. The number of nitrogens with one attached hydrogen (secondary N) is 1. The van der Waals surface area contributed by atoms with Crippen LogP contribution in [0.25, 0.3) is 10.9 Å². The number of rotatable bonds is 6. The standard InChI is InChI=1S/C20H20FN3O3/c1-2-23-19(26)16-8-3-4-9-17(16)24(20(23)27)13-18(25)22-11-10-14-6-5-7-15(21)12-14/h3-9,12H,2,10-11,13H2,1H3,(H,22,25). The van der Waals surface area contributed by atoms with Crippen molar-refractivity contribution in [2.45, 2.75) is 26.4 Å². The maximum Gasteiger partial charge on any atom is 0.331 e. The Kier molecular flexibility index (Phi) is 5.49. The maximum absolute atomic E-state index is 13.2. The molecule has 27 heavy (non-hydrogen) atoms. The lowest BCUT2D eigenvalue weighted by molar-refractivity contribution is -0.121. The lowest BCUT2D eigenvalue weighted by Gasteiger charge is -2.13. The Morgan fingerprint density at radius 3 is 2.59 bits per heavy atom. The van der Waals surface area contributed by atoms with E-state index in [9.17, 15) is 18.8 Å². The number of amides is 1. The zero-order valence-corrected chi connectivity index (χ0v) is 14.9. The fraction of sp³-hybridized carbons (Fsp3) is 0.250. The van der Waals surface area contributed by atoms with Gasteiger partial charge in [0.15, 0.2) is 0 Å². The maximum atomic E-state index is 13.2. The van der Waals surface area contributed by atoms with Gasteiger partial charge in [0, 0.05) is 13.1 Å². The van der Waals surface area contributed by atoms with Crippen LogP contribution in [0, 0.1) is 5.82 Å². The molecular weight excluding hydrogens is 349 g/mol. The summed E-state index contributed by atoms with van der Waals surface area (Å²) in [5, 5.41) is 3.13. The summed E-state index contributed by atoms with van der Waals surface area (Å²) >= 11 is 0. The monoisotopic (exact) mass is 369 g/mol. The van der Waals surface area contributed by atoms with Crippen LogP contribution in [-0.2, 0) is 24.3 Å². The van der Waals surface area contributed by atoms with Gasteiger partial charge in [-0.1, -0.05) is 24.3 Å². The van der Waals surface area contributed by atoms with Gasteiger partial charge in [-0.2, -0.15) is 0 Å². The molecule has 0 saturated heterocycles. The largest absolute Gasteiger partial charge is 0.354 e. The highest BCUT2D eigenvalue weighted by Crippen LogP contribution is 2.07. The first-order valence-corrected chi connectivity index (χ1v) is 8.74. The van der Waals surface area contributed by atoms with Crippen LogP contribution in [0.3, 0.4) is 0 Å². The van der Waals surface area contributed by atoms with E-state index in [0.717, 1.165) is 10.1 Å². The van der Waals surface area contributed by atoms with Crippen LogP contribution in [0.4, 0.5) is 4.39 Å². The van der Waals surface area contributed by atoms with E-state index in [1.54, 1.807) is 43.3 Å². The van der Waals surface area contributed by atoms with Gasteiger partial charge in [0.05, 0.1) is 10.9 Å². The van der Waals surface area contributed by atoms with Gasteiger partial charge in [-0.25, -0.2) is 9.18 Å². The minimum atomic E-state index is -0.513. The molecule has 1 N–H and O–H groups in total. The summed E-state index contributed by atoms with van der Waals surface area (Å²) in [6.45, 7) is 2.07. The van der Waals surface area contributed by atoms with Gasteiger partial charge in [-0.3, -0.25) is 18.7 Å². The number of carbonyl (C=O) groups excluding carboxylic acids is 1. The molecule has 0 atom stereocenters. The van der Waals surface area contributed by atoms with Crippen molar-refractivity contribution in [3.05, 3.63) is 80.7 Å². The van der Waals surface area contributed by atoms with Crippen molar-refractivity contribution in [3.8, 4) is 0 Å². The summed E-state index contributed by atoms with van der Waals surface area (Å²) in [5.74, 6) is -0.668. The first-order valence-electron chi connectivity index (χ1n) is 8.74. The molecule has 0 bridgehead atoms. The van der Waals surface area contributed by atoms with Crippen molar-refractivity contribution in [2.75, 3.05) is 6.54 Å². The number of hydrogen-bond donors (Lipinski definition) is 1. The number of halogens is 1. The lowest BCUT2D eigenvalue weighted by Crippen LogP contribution is -2.42. The van der Waals surface area contributed by atoms with Gasteiger partial charge < -0.3 is 5.32 Å². The number of aromatic nitrogens is 2. The van der Waals surface area contributed by atoms with Gasteiger partial charge in [-0.15, -0.1) is 0 Å². The van der Waals surface area contributed by atoms with E-state index in [-0.39, 0.29) is 30.4 Å². The molecule has 3 rings (SSSR count). The molecule has 0 aliphatic carbocycles. The Morgan fingerprint density at radius 2 is 1.85 bits per heavy atom. The Bertz CT molecular complexity index is 1100. The van der Waals surface area contributed by atoms with Gasteiger partial charge >= 0.3 is 5.69 Å². The predicted octanol–water partition coefficient (Wildman–Crippen LogP) is 1.68. The fourth-order valence-corrected chi connectivity index (χ4v) is 3.04. The van der Waals surface area contributed by atoms with Crippen molar-refractivity contribution in [1.29, 1.82) is 0 Å². The lowest BCUT2D eigenvalue weighted by atomic mass is 10.1. The third-order valence-corrected chi connectivity index (χ3v) is 4.38. The van der Waals surface area contributed by atoms with Crippen molar-refractivity contribution in [2.24, 2.45) is 0 Å². The Hall–Kier alpha value is -3.22. The molecule has 2 aromatic carbocycles. The molecule has 1 aromatic heterocycles. The molecule has 0 saturated carbocycles. The average molecular weight is 369 g/mol. The molecule has 0 aliphatic heterocycles. The van der Waals surface area contributed by atoms with Crippen LogP contribution in [0.5, 0.6) is 0 Å². The molecule has 6 nitrogen and oxygen atoms in total. The second kappa shape index (κ2) is 7.99. The highest BCUT2D eigenvalue weighted by atomic mass is 19.1. The molecule has 0 unspecified atom stereocenters. The molecule has 140 valence electrons. The van der Waals surface area contributed by atoms with E-state index in [2.05, 4.69) is 5.32 Å². The quantitative estimate of drug-likeness (QED) is 0.719. The van der Waals surface area contributed by atoms with Crippen LogP contribution >= 0.6 is 0 Å². The molecule has 3 aromatic rings. The topological polar surface area (TPSA) is 73.1 Å². The number of carbonyl (C=O) groups is 1. The third-order valence-electron chi connectivity index (χ3n) is 4.38. The van der Waals surface area contributed by atoms with Gasteiger partial charge in [-0.05, 0) is 43.2 Å². The third kappa shape index (κ3) is 3.97. The van der Waals surface area contributed by atoms with E-state index in [4.69, 9.17) is 0 Å². The van der Waals surface area contributed by atoms with Crippen molar-refractivity contribution in [1.82, 2.24) is 14.5 Å². The number of fused-ring (bicyclic) bond motifs is 1. The Labute approximate surface area is 154 Å². The molecule has 0 aliphatic rings. The van der Waals surface area contributed by atoms with E-state index in [1.165, 1.54) is 16.7 Å². The van der Waals surface area contributed by atoms with Gasteiger partial charge in [0.2, 0.25) is 5.91 Å². The first kappa shape index (κ1) is 18.6. The first-order chi connectivity index (χ1) is 13.0. The zero-order valence-electron chi connectivity index (χ0n) is 14.9. The van der Waals surface area contributed by atoms with Crippen LogP contribution in [0.15, 0.2) is 58.1 Å². The predicted molar refractivity (Wildman–Crippen MR) is 101 cm³/mol. The van der Waals surface area contributed by atoms with E-state index in [1.807, 2.05) is 0 Å². The Morgan fingerprint density at radius 1 is 1.07 bits per heavy atom. The number of nitrogens with zero attached hydrogens (tertiary/aromatic N) is 2. The summed E-state index contributed by atoms with van der Waals surface area (Å²) in [5.41, 5.74) is 0.331. The summed E-state index contributed by atoms with van der Waals surface area (Å²) in [6, 6.07) is 12.9. The highest BCUT2D eigenvalue weighted by molar-refractivity contribution is 5.81. The summed E-state index contributed by atoms with van der Waals surface area (Å²) < 4.78 is 15.6. The van der Waals surface area contributed by atoms with Crippen LogP contribution < -0.4 is 16.6 Å². The molecule has 1 amide bonds. The highest BCUT2D eigenvalue weighted by Gasteiger charge is 2.14. The second-order valence-electron chi connectivity index (χ2n) is 6.17. The normalized spacial score (nSPS) is 10.9. The van der Waals surface area contributed by atoms with Crippen LogP contribution in [0.2, 0.25) is 0 Å². The van der Waals surface area contributed by atoms with Crippen LogP contribution in [-0.4, -0.2) is 21.6 Å². The zero-order chi connectivity index (χ0) is 19.4. The Balaban J connectivity index is 1.79. The number of hydrogen-bond acceptors (Lipinski definition) is 3. The van der Waals surface area contributed by atoms with Crippen molar-refractivity contribution >= 4 is 16.8 Å². The van der Waals surface area contributed by atoms with E-state index in [0.29, 0.717) is 23.9 Å². The molecule has 0 spiro atoms. The molecule has 1 heterocycles. The van der Waals surface area contributed by atoms with Gasteiger partial charge in [0.25, 0.3) is 5.56 Å². The van der Waals surface area contributed by atoms with E-state index >= 15 is 0 Å². The van der Waals surface area contributed by atoms with Crippen molar-refractivity contribution < 1.29 is 9.18 Å². The minimum Gasteiger partial charge on any atom is -0.354 e. The summed E-state index contributed by atoms with van der Waals surface area (Å²) in [7, 11) is 0. The SMILES string of the molecule is CCn1c(=O)c2ccccc2n(CC(=O)NCCc2cccc(F)c2)c1=O. The molecule has 0 fully saturated rings. The minimum absolute atomic E-state index is 0.192. The summed E-state index contributed by atoms with van der Waals surface area (Å²) in [6.07, 6.45) is 0.480. The summed E-state index contributed by atoms with van der Waals surface area (Å²) in [4.78, 5) is 37.3. The molecule has 7 heteroatoms. The second-order valence-corrected chi connectivity index (χ2v) is 6.17. The molecule has 0 radical (unpaired) electrons. The van der Waals surface area contributed by atoms with Gasteiger partial charge in [0.1, 0.15) is 12.4 Å². The number of para-hydroxylation sites is 1. The van der Waals surface area contributed by atoms with E-state index < -0.39 is 5.69 Å². The van der Waals surface area contributed by atoms with Crippen LogP contribution in [0.1, 0.15) is 12.5 Å². The fourth-order valence-electron chi connectivity index (χ4n) is 3.04. The van der Waals surface area contributed by atoms with Crippen molar-refractivity contribution in [3.63, 3.8) is 0 Å².